The van der Waals surface area contributed by atoms with Gasteiger partial charge in [-0.2, -0.15) is 0 Å². The Morgan fingerprint density at radius 1 is 1.47 bits per heavy atom. The summed E-state index contributed by atoms with van der Waals surface area (Å²) in [4.78, 5) is 37.0. The number of anilines is 1. The van der Waals surface area contributed by atoms with Crippen LogP contribution in [0.15, 0.2) is 9.59 Å². The van der Waals surface area contributed by atoms with Gasteiger partial charge in [-0.25, -0.2) is 9.89 Å². The highest BCUT2D eigenvalue weighted by molar-refractivity contribution is 5.75. The zero-order valence-corrected chi connectivity index (χ0v) is 9.81. The van der Waals surface area contributed by atoms with Gasteiger partial charge in [-0.3, -0.25) is 14.6 Å². The van der Waals surface area contributed by atoms with Crippen molar-refractivity contribution >= 4 is 11.8 Å². The van der Waals surface area contributed by atoms with Crippen molar-refractivity contribution in [3.05, 3.63) is 20.8 Å². The van der Waals surface area contributed by atoms with Crippen molar-refractivity contribution in [1.82, 2.24) is 15.2 Å². The van der Waals surface area contributed by atoms with E-state index in [4.69, 9.17) is 0 Å². The number of carbonyl (C=O) groups excluding carboxylic acids is 1. The number of H-pyrrole nitrogens is 2. The molecule has 0 spiro atoms. The third-order valence-electron chi connectivity index (χ3n) is 2.12. The molecule has 0 radical (unpaired) electrons. The summed E-state index contributed by atoms with van der Waals surface area (Å²) in [6, 6.07) is -0.145. The highest BCUT2D eigenvalue weighted by Gasteiger charge is 2.19. The lowest BCUT2D eigenvalue weighted by atomic mass is 10.3. The van der Waals surface area contributed by atoms with E-state index < -0.39 is 17.2 Å². The summed E-state index contributed by atoms with van der Waals surface area (Å²) in [5.74, 6) is -0.517. The predicted octanol–water partition coefficient (Wildman–Crippen LogP) is -1.15. The van der Waals surface area contributed by atoms with Crippen molar-refractivity contribution in [2.45, 2.75) is 19.9 Å². The van der Waals surface area contributed by atoms with E-state index in [-0.39, 0.29) is 18.4 Å². The predicted molar refractivity (Wildman–Crippen MR) is 60.0 cm³/mol. The fourth-order valence-corrected chi connectivity index (χ4v) is 1.24. The second kappa shape index (κ2) is 5.28. The number of methoxy groups -OCH3 is 1. The highest BCUT2D eigenvalue weighted by atomic mass is 16.5. The van der Waals surface area contributed by atoms with Crippen molar-refractivity contribution in [2.75, 3.05) is 18.6 Å². The molecule has 1 rings (SSSR count). The van der Waals surface area contributed by atoms with Gasteiger partial charge in [0, 0.05) is 6.04 Å². The fourth-order valence-electron chi connectivity index (χ4n) is 1.24. The molecule has 0 unspecified atom stereocenters. The maximum absolute atomic E-state index is 11.5. The molecule has 1 aromatic rings. The van der Waals surface area contributed by atoms with Gasteiger partial charge in [0.2, 0.25) is 5.82 Å². The molecule has 0 saturated carbocycles. The van der Waals surface area contributed by atoms with E-state index in [0.29, 0.717) is 0 Å². The van der Waals surface area contributed by atoms with Gasteiger partial charge in [-0.1, -0.05) is 0 Å². The highest BCUT2D eigenvalue weighted by Crippen LogP contribution is 2.06. The van der Waals surface area contributed by atoms with Crippen LogP contribution in [-0.4, -0.2) is 40.8 Å². The number of aromatic amines is 2. The van der Waals surface area contributed by atoms with Crippen LogP contribution in [0.1, 0.15) is 13.8 Å². The van der Waals surface area contributed by atoms with Crippen molar-refractivity contribution < 1.29 is 9.53 Å². The van der Waals surface area contributed by atoms with Crippen LogP contribution in [0.4, 0.5) is 5.82 Å². The van der Waals surface area contributed by atoms with E-state index in [0.717, 1.165) is 0 Å². The van der Waals surface area contributed by atoms with Crippen LogP contribution in [0.25, 0.3) is 0 Å². The molecule has 0 atom stereocenters. The van der Waals surface area contributed by atoms with Crippen LogP contribution in [0.5, 0.6) is 0 Å². The summed E-state index contributed by atoms with van der Waals surface area (Å²) in [5, 5.41) is 5.74. The van der Waals surface area contributed by atoms with Gasteiger partial charge in [-0.15, -0.1) is 5.10 Å². The summed E-state index contributed by atoms with van der Waals surface area (Å²) < 4.78 is 4.52. The number of aromatic nitrogens is 3. The number of rotatable bonds is 4. The Hall–Kier alpha value is -2.12. The lowest BCUT2D eigenvalue weighted by molar-refractivity contribution is -0.139. The Labute approximate surface area is 96.6 Å². The van der Waals surface area contributed by atoms with Crippen LogP contribution in [-0.2, 0) is 9.53 Å². The Morgan fingerprint density at radius 3 is 2.59 bits per heavy atom. The van der Waals surface area contributed by atoms with Gasteiger partial charge in [0.1, 0.15) is 6.54 Å². The van der Waals surface area contributed by atoms with E-state index in [2.05, 4.69) is 14.9 Å². The van der Waals surface area contributed by atoms with Crippen LogP contribution in [0, 0.1) is 0 Å². The molecule has 8 nitrogen and oxygen atoms in total. The van der Waals surface area contributed by atoms with Gasteiger partial charge < -0.3 is 9.64 Å². The van der Waals surface area contributed by atoms with E-state index in [9.17, 15) is 14.4 Å². The Kier molecular flexibility index (Phi) is 4.02. The Balaban J connectivity index is 3.10. The zero-order valence-electron chi connectivity index (χ0n) is 9.81. The first-order valence-electron chi connectivity index (χ1n) is 4.98. The van der Waals surface area contributed by atoms with Crippen LogP contribution in [0.3, 0.4) is 0 Å². The SMILES string of the molecule is COC(=O)CN(c1n[nH]c(=O)[nH]c1=O)C(C)C. The molecule has 8 heteroatoms. The minimum atomic E-state index is -0.694. The van der Waals surface area contributed by atoms with E-state index >= 15 is 0 Å². The zero-order chi connectivity index (χ0) is 13.0. The second-order valence-electron chi connectivity index (χ2n) is 3.63. The van der Waals surface area contributed by atoms with Gasteiger partial charge in [0.25, 0.3) is 5.56 Å². The normalized spacial score (nSPS) is 10.4. The Bertz CT molecular complexity index is 504. The second-order valence-corrected chi connectivity index (χ2v) is 3.63. The molecular weight excluding hydrogens is 228 g/mol. The molecule has 2 N–H and O–H groups in total. The van der Waals surface area contributed by atoms with Crippen molar-refractivity contribution in [3.8, 4) is 0 Å². The number of nitrogens with one attached hydrogen (secondary N) is 2. The van der Waals surface area contributed by atoms with E-state index in [1.54, 1.807) is 13.8 Å². The molecule has 0 saturated heterocycles. The van der Waals surface area contributed by atoms with Crippen LogP contribution < -0.4 is 16.1 Å². The largest absolute Gasteiger partial charge is 0.468 e. The standard InChI is InChI=1S/C9H14N4O4/c1-5(2)13(4-6(14)17-3)7-8(15)10-9(16)12-11-7/h5H,4H2,1-3H3,(H2,10,12,15,16). The van der Waals surface area contributed by atoms with Gasteiger partial charge in [0.15, 0.2) is 0 Å². The topological polar surface area (TPSA) is 108 Å². The molecule has 0 fully saturated rings. The molecule has 0 aliphatic rings. The third-order valence-corrected chi connectivity index (χ3v) is 2.12. The summed E-state index contributed by atoms with van der Waals surface area (Å²) in [7, 11) is 1.26. The molecule has 1 heterocycles. The van der Waals surface area contributed by atoms with Crippen LogP contribution in [0.2, 0.25) is 0 Å². The lowest BCUT2D eigenvalue weighted by Gasteiger charge is -2.24. The first-order chi connectivity index (χ1) is 7.95. The van der Waals surface area contributed by atoms with E-state index in [1.807, 2.05) is 4.98 Å². The fraction of sp³-hybridized carbons (Fsp3) is 0.556. The summed E-state index contributed by atoms with van der Waals surface area (Å²) in [6.45, 7) is 3.46. The minimum absolute atomic E-state index is 0.0231. The number of esters is 1. The van der Waals surface area contributed by atoms with Crippen molar-refractivity contribution in [1.29, 1.82) is 0 Å². The summed E-state index contributed by atoms with van der Waals surface area (Å²) in [5.41, 5.74) is -1.34. The minimum Gasteiger partial charge on any atom is -0.468 e. The molecule has 0 bridgehead atoms. The smallest absolute Gasteiger partial charge is 0.342 e. The average Bonchev–Trinajstić information content (AvgIpc) is 2.26. The number of ether oxygens (including phenoxy) is 1. The molecular formula is C9H14N4O4. The molecule has 0 aromatic carbocycles. The molecule has 17 heavy (non-hydrogen) atoms. The number of nitrogens with zero attached hydrogens (tertiary/aromatic N) is 2. The number of hydrogen-bond donors (Lipinski definition) is 2. The first-order valence-corrected chi connectivity index (χ1v) is 4.98. The summed E-state index contributed by atoms with van der Waals surface area (Å²) >= 11 is 0. The van der Waals surface area contributed by atoms with Crippen molar-refractivity contribution in [2.24, 2.45) is 0 Å². The van der Waals surface area contributed by atoms with Gasteiger partial charge in [-0.05, 0) is 13.8 Å². The summed E-state index contributed by atoms with van der Waals surface area (Å²) in [6.07, 6.45) is 0. The third kappa shape index (κ3) is 3.16. The molecule has 1 aromatic heterocycles. The maximum atomic E-state index is 11.5. The molecule has 0 aliphatic heterocycles. The van der Waals surface area contributed by atoms with Crippen LogP contribution >= 0.6 is 0 Å². The molecule has 0 amide bonds. The lowest BCUT2D eigenvalue weighted by Crippen LogP contribution is -2.42. The molecule has 94 valence electrons. The average molecular weight is 242 g/mol. The molecule has 0 aliphatic carbocycles. The number of hydrogen-bond acceptors (Lipinski definition) is 6. The van der Waals surface area contributed by atoms with Crippen molar-refractivity contribution in [3.63, 3.8) is 0 Å². The monoisotopic (exact) mass is 242 g/mol. The Morgan fingerprint density at radius 2 is 2.12 bits per heavy atom. The van der Waals surface area contributed by atoms with E-state index in [1.165, 1.54) is 12.0 Å². The first kappa shape index (κ1) is 12.9. The van der Waals surface area contributed by atoms with Gasteiger partial charge in [0.05, 0.1) is 7.11 Å². The number of carbonyl (C=O) groups is 1. The van der Waals surface area contributed by atoms with Gasteiger partial charge >= 0.3 is 11.7 Å². The quantitative estimate of drug-likeness (QED) is 0.645. The maximum Gasteiger partial charge on any atom is 0.342 e.